The molecule has 3 aromatic carbocycles. The zero-order chi connectivity index (χ0) is 50.7. The van der Waals surface area contributed by atoms with Gasteiger partial charge in [0.05, 0.1) is 116 Å². The van der Waals surface area contributed by atoms with Crippen molar-refractivity contribution in [3.63, 3.8) is 0 Å². The lowest BCUT2D eigenvalue weighted by Gasteiger charge is -2.35. The topological polar surface area (TPSA) is 230 Å². The largest absolute Gasteiger partial charge is 0.382 e. The molecule has 1 unspecified atom stereocenters. The van der Waals surface area contributed by atoms with E-state index in [0.717, 1.165) is 16.2 Å². The molecule has 2 fully saturated rings. The zero-order valence-electron chi connectivity index (χ0n) is 40.2. The average molecular weight is 1000 g/mol. The van der Waals surface area contributed by atoms with Crippen LogP contribution in [0.3, 0.4) is 0 Å². The maximum absolute atomic E-state index is 14.9. The highest BCUT2D eigenvalue weighted by Gasteiger charge is 2.45. The number of carbonyl (C=O) groups is 7. The van der Waals surface area contributed by atoms with Crippen LogP contribution in [0.1, 0.15) is 71.8 Å². The van der Waals surface area contributed by atoms with Gasteiger partial charge in [-0.3, -0.25) is 48.8 Å². The predicted molar refractivity (Wildman–Crippen MR) is 257 cm³/mol. The van der Waals surface area contributed by atoms with Gasteiger partial charge in [0.25, 0.3) is 17.7 Å². The molecule has 72 heavy (non-hydrogen) atoms. The smallest absolute Gasteiger partial charge is 0.264 e. The van der Waals surface area contributed by atoms with Gasteiger partial charge in [0.1, 0.15) is 18.4 Å². The van der Waals surface area contributed by atoms with E-state index in [4.69, 9.17) is 33.2 Å². The minimum Gasteiger partial charge on any atom is -0.382 e. The number of ether oxygens (including phenoxy) is 7. The van der Waals surface area contributed by atoms with Crippen LogP contribution in [0, 0.1) is 5.82 Å². The summed E-state index contributed by atoms with van der Waals surface area (Å²) >= 11 is 0. The summed E-state index contributed by atoms with van der Waals surface area (Å²) < 4.78 is 53.7. The van der Waals surface area contributed by atoms with E-state index in [1.807, 2.05) is 18.2 Å². The Morgan fingerprint density at radius 2 is 1.22 bits per heavy atom. The lowest BCUT2D eigenvalue weighted by Crippen LogP contribution is -2.54. The highest BCUT2D eigenvalue weighted by Crippen LogP contribution is 2.32. The molecule has 7 rings (SSSR count). The van der Waals surface area contributed by atoms with Gasteiger partial charge >= 0.3 is 0 Å². The van der Waals surface area contributed by atoms with Crippen LogP contribution < -0.4 is 10.6 Å². The zero-order valence-corrected chi connectivity index (χ0v) is 40.2. The van der Waals surface area contributed by atoms with E-state index in [1.165, 1.54) is 6.07 Å². The number of hydrogen-bond donors (Lipinski definition) is 2. The summed E-state index contributed by atoms with van der Waals surface area (Å²) in [6.07, 6.45) is 0.689. The number of carbonyl (C=O) groups excluding carboxylic acids is 7. The van der Waals surface area contributed by atoms with Crippen LogP contribution in [-0.4, -0.2) is 199 Å². The molecule has 3 aromatic rings. The minimum atomic E-state index is -1.03. The van der Waals surface area contributed by atoms with Crippen molar-refractivity contribution in [2.75, 3.05) is 137 Å². The fraction of sp³-hybridized carbons (Fsp3) is 0.490. The van der Waals surface area contributed by atoms with Crippen LogP contribution in [-0.2, 0) is 54.0 Å². The maximum Gasteiger partial charge on any atom is 0.264 e. The second-order valence-electron chi connectivity index (χ2n) is 17.0. The van der Waals surface area contributed by atoms with Gasteiger partial charge in [0, 0.05) is 68.1 Å². The van der Waals surface area contributed by atoms with Crippen LogP contribution in [0.4, 0.5) is 10.1 Å². The summed E-state index contributed by atoms with van der Waals surface area (Å²) in [5.41, 5.74) is 3.62. The van der Waals surface area contributed by atoms with Crippen LogP contribution in [0.5, 0.6) is 0 Å². The summed E-state index contributed by atoms with van der Waals surface area (Å²) in [5, 5.41) is 5.32. The maximum atomic E-state index is 14.9. The molecule has 0 bridgehead atoms. The molecular weight excluding hydrogens is 940 g/mol. The average Bonchev–Trinajstić information content (AvgIpc) is 3.64. The molecule has 1 atom stereocenters. The normalized spacial score (nSPS) is 16.7. The number of benzene rings is 3. The number of Topliss-reactive ketones (excluding diaryl/α,β-unsaturated/α-hetero) is 1. The van der Waals surface area contributed by atoms with Gasteiger partial charge in [0.2, 0.25) is 17.7 Å². The van der Waals surface area contributed by atoms with Crippen molar-refractivity contribution < 1.29 is 71.1 Å². The molecule has 4 aliphatic heterocycles. The van der Waals surface area contributed by atoms with Crippen molar-refractivity contribution in [2.24, 2.45) is 4.99 Å². The number of nitrogens with zero attached hydrogens (tertiary/aromatic N) is 4. The van der Waals surface area contributed by atoms with Gasteiger partial charge in [0.15, 0.2) is 5.78 Å². The number of hydrogen-bond acceptors (Lipinski definition) is 16. The Morgan fingerprint density at radius 3 is 1.85 bits per heavy atom. The quantitative estimate of drug-likeness (QED) is 0.0752. The summed E-state index contributed by atoms with van der Waals surface area (Å²) in [6.45, 7) is 6.75. The van der Waals surface area contributed by atoms with Crippen LogP contribution >= 0.6 is 0 Å². The highest BCUT2D eigenvalue weighted by atomic mass is 19.1. The van der Waals surface area contributed by atoms with E-state index in [-0.39, 0.29) is 73.9 Å². The second kappa shape index (κ2) is 27.5. The molecule has 2 saturated heterocycles. The number of nitrogens with one attached hydrogen (secondary N) is 2. The number of anilines is 1. The van der Waals surface area contributed by atoms with Gasteiger partial charge < -0.3 is 48.3 Å². The first-order valence-electron chi connectivity index (χ1n) is 24.2. The predicted octanol–water partition coefficient (Wildman–Crippen LogP) is 2.36. The Balaban J connectivity index is 0.620. The molecule has 0 aliphatic carbocycles. The number of imide groups is 2. The van der Waals surface area contributed by atoms with Gasteiger partial charge in [-0.15, -0.1) is 0 Å². The van der Waals surface area contributed by atoms with E-state index in [9.17, 15) is 38.0 Å². The Bertz CT molecular complexity index is 2450. The van der Waals surface area contributed by atoms with Crippen LogP contribution in [0.2, 0.25) is 0 Å². The monoisotopic (exact) mass is 1000 g/mol. The Hall–Kier alpha value is -6.33. The third-order valence-electron chi connectivity index (χ3n) is 12.2. The molecule has 20 nitrogen and oxygen atoms in total. The fourth-order valence-electron chi connectivity index (χ4n) is 8.49. The number of piperidine rings is 1. The van der Waals surface area contributed by atoms with Crippen LogP contribution in [0.25, 0.3) is 0 Å². The highest BCUT2D eigenvalue weighted by molar-refractivity contribution is 6.25. The third-order valence-corrected chi connectivity index (χ3v) is 12.2. The molecule has 0 radical (unpaired) electrons. The van der Waals surface area contributed by atoms with Crippen molar-refractivity contribution in [1.29, 1.82) is 0 Å². The molecule has 0 saturated carbocycles. The van der Waals surface area contributed by atoms with E-state index in [0.29, 0.717) is 129 Å². The summed E-state index contributed by atoms with van der Waals surface area (Å²) in [4.78, 5) is 97.2. The summed E-state index contributed by atoms with van der Waals surface area (Å²) in [6, 6.07) is 15.6. The van der Waals surface area contributed by atoms with E-state index >= 15 is 0 Å². The lowest BCUT2D eigenvalue weighted by molar-refractivity contribution is -0.136. The fourth-order valence-corrected chi connectivity index (χ4v) is 8.49. The van der Waals surface area contributed by atoms with E-state index in [1.54, 1.807) is 46.2 Å². The standard InChI is InChI=1S/C51H61FN6O14/c52-40-9-8-35(33-42-36-4-1-2-5-37(36)44(59)34-54-42)32-39(40)49(63)57-16-14-56(15-17-57)46(61)12-18-66-20-22-68-24-26-70-28-30-72-31-29-71-27-25-69-23-21-67-19-13-53-41-7-3-6-38-47(41)51(65)58(50(38)64)43-10-11-45(60)55-48(43)62/h1-9,32,43,53H,10-31,33-34H2,(H,55,60,62). The molecule has 386 valence electrons. The number of fused-ring (bicyclic) bond motifs is 2. The van der Waals surface area contributed by atoms with Crippen molar-refractivity contribution in [3.05, 3.63) is 99.9 Å². The Kier molecular flexibility index (Phi) is 20.4. The second-order valence-corrected chi connectivity index (χ2v) is 17.0. The number of ketones is 1. The van der Waals surface area contributed by atoms with E-state index in [2.05, 4.69) is 15.6 Å². The first-order valence-corrected chi connectivity index (χ1v) is 24.2. The Labute approximate surface area is 416 Å². The SMILES string of the molecule is O=C1CCC(N2C(=O)c3cccc(NCCOCCOCCOCCOCCOCCOCCOCCC(=O)N4CCN(C(=O)c5cc(CC6=NCC(=O)c7ccccc76)ccc5F)CC4)c3C2=O)C(=O)N1. The van der Waals surface area contributed by atoms with Crippen molar-refractivity contribution in [2.45, 2.75) is 31.7 Å². The van der Waals surface area contributed by atoms with Gasteiger partial charge in [-0.2, -0.15) is 0 Å². The number of piperazine rings is 1. The van der Waals surface area contributed by atoms with Crippen molar-refractivity contribution in [3.8, 4) is 0 Å². The number of aliphatic imine (C=N–C) groups is 1. The van der Waals surface area contributed by atoms with Crippen molar-refractivity contribution >= 4 is 52.6 Å². The van der Waals surface area contributed by atoms with E-state index < -0.39 is 41.4 Å². The third kappa shape index (κ3) is 14.6. The first-order chi connectivity index (χ1) is 35.1. The Morgan fingerprint density at radius 1 is 0.653 bits per heavy atom. The molecule has 0 spiro atoms. The van der Waals surface area contributed by atoms with Gasteiger partial charge in [-0.05, 0) is 36.2 Å². The molecule has 6 amide bonds. The molecule has 0 aromatic heterocycles. The first kappa shape index (κ1) is 53.5. The molecular formula is C51H61FN6O14. The number of rotatable bonds is 29. The lowest BCUT2D eigenvalue weighted by atomic mass is 9.92. The van der Waals surface area contributed by atoms with Crippen molar-refractivity contribution in [1.82, 2.24) is 20.0 Å². The van der Waals surface area contributed by atoms with Crippen LogP contribution in [0.15, 0.2) is 65.7 Å². The number of amides is 6. The molecule has 4 heterocycles. The summed E-state index contributed by atoms with van der Waals surface area (Å²) in [7, 11) is 0. The molecule has 21 heteroatoms. The minimum absolute atomic E-state index is 0.0326. The van der Waals surface area contributed by atoms with Gasteiger partial charge in [-0.1, -0.05) is 36.4 Å². The summed E-state index contributed by atoms with van der Waals surface area (Å²) in [5.74, 6) is -3.40. The molecule has 4 aliphatic rings. The van der Waals surface area contributed by atoms with Gasteiger partial charge in [-0.25, -0.2) is 4.39 Å². The number of halogens is 1. The molecule has 2 N–H and O–H groups in total.